The van der Waals surface area contributed by atoms with Crippen LogP contribution in [0.15, 0.2) is 35.4 Å². The third kappa shape index (κ3) is 3.58. The number of aryl methyl sites for hydroxylation is 1. The summed E-state index contributed by atoms with van der Waals surface area (Å²) < 4.78 is 3.41. The molecule has 0 aliphatic carbocycles. The zero-order valence-electron chi connectivity index (χ0n) is 18.2. The van der Waals surface area contributed by atoms with Crippen LogP contribution in [0.5, 0.6) is 0 Å². The molecule has 0 saturated carbocycles. The van der Waals surface area contributed by atoms with Crippen LogP contribution in [0.1, 0.15) is 36.4 Å². The molecule has 3 N–H and O–H groups in total. The minimum Gasteiger partial charge on any atom is -0.355 e. The standard InChI is InChI=1S/C21H23N9O3/c1-12(31)26-27-20(32)19-25-16-17(28(19)2)22-11-23-18(16)29-9-7-13(8-10-29)30-15-6-4-3-5-14(15)24-21(30)33/h3-6,11,13H,7-10H2,1-2H3,(H,24,33)(H,26,31)(H,27,32). The molecular formula is C21H23N9O3. The Morgan fingerprint density at radius 3 is 2.64 bits per heavy atom. The van der Waals surface area contributed by atoms with Gasteiger partial charge in [-0.1, -0.05) is 12.1 Å². The Balaban J connectivity index is 1.40. The highest BCUT2D eigenvalue weighted by atomic mass is 16.2. The van der Waals surface area contributed by atoms with Crippen molar-refractivity contribution in [1.82, 2.24) is 39.9 Å². The molecular weight excluding hydrogens is 426 g/mol. The molecule has 0 bridgehead atoms. The average Bonchev–Trinajstić information content (AvgIpc) is 3.34. The molecule has 33 heavy (non-hydrogen) atoms. The molecule has 12 heteroatoms. The second kappa shape index (κ2) is 8.04. The first-order valence-corrected chi connectivity index (χ1v) is 10.6. The Bertz CT molecular complexity index is 1430. The lowest BCUT2D eigenvalue weighted by Gasteiger charge is -2.33. The maximum atomic E-state index is 12.6. The van der Waals surface area contributed by atoms with E-state index in [2.05, 4.69) is 35.7 Å². The van der Waals surface area contributed by atoms with Gasteiger partial charge in [-0.2, -0.15) is 0 Å². The van der Waals surface area contributed by atoms with Crippen LogP contribution in [-0.4, -0.2) is 54.0 Å². The van der Waals surface area contributed by atoms with Gasteiger partial charge >= 0.3 is 11.6 Å². The highest BCUT2D eigenvalue weighted by Gasteiger charge is 2.27. The van der Waals surface area contributed by atoms with E-state index < -0.39 is 5.91 Å². The first kappa shape index (κ1) is 20.7. The zero-order chi connectivity index (χ0) is 23.1. The molecule has 12 nitrogen and oxygen atoms in total. The SMILES string of the molecule is CC(=O)NNC(=O)c1nc2c(N3CCC(n4c(=O)[nH]c5ccccc54)CC3)ncnc2n1C. The third-order valence-corrected chi connectivity index (χ3v) is 5.95. The van der Waals surface area contributed by atoms with E-state index in [0.717, 1.165) is 23.9 Å². The Labute approximate surface area is 187 Å². The highest BCUT2D eigenvalue weighted by Crippen LogP contribution is 2.30. The molecule has 1 saturated heterocycles. The number of hydrogen-bond acceptors (Lipinski definition) is 7. The highest BCUT2D eigenvalue weighted by molar-refractivity contribution is 5.96. The molecule has 4 heterocycles. The number of piperidine rings is 1. The van der Waals surface area contributed by atoms with E-state index in [1.54, 1.807) is 11.6 Å². The van der Waals surface area contributed by atoms with Crippen LogP contribution in [0.2, 0.25) is 0 Å². The molecule has 1 fully saturated rings. The fraction of sp³-hybridized carbons (Fsp3) is 0.333. The van der Waals surface area contributed by atoms with Crippen LogP contribution >= 0.6 is 0 Å². The van der Waals surface area contributed by atoms with Gasteiger partial charge in [0.1, 0.15) is 6.33 Å². The molecule has 0 spiro atoms. The predicted molar refractivity (Wildman–Crippen MR) is 121 cm³/mol. The van der Waals surface area contributed by atoms with Gasteiger partial charge in [0.05, 0.1) is 11.0 Å². The van der Waals surface area contributed by atoms with E-state index in [4.69, 9.17) is 0 Å². The predicted octanol–water partition coefficient (Wildman–Crippen LogP) is 0.629. The van der Waals surface area contributed by atoms with Crippen molar-refractivity contribution in [1.29, 1.82) is 0 Å². The number of nitrogens with zero attached hydrogens (tertiary/aromatic N) is 6. The number of carbonyl (C=O) groups is 2. The summed E-state index contributed by atoms with van der Waals surface area (Å²) in [5.74, 6) is -0.187. The van der Waals surface area contributed by atoms with Gasteiger partial charge in [0.15, 0.2) is 17.0 Å². The average molecular weight is 449 g/mol. The van der Waals surface area contributed by atoms with Gasteiger partial charge in [-0.05, 0) is 25.0 Å². The number of hydrazine groups is 1. The number of aromatic amines is 1. The van der Waals surface area contributed by atoms with Crippen LogP contribution in [0.3, 0.4) is 0 Å². The maximum absolute atomic E-state index is 12.6. The fourth-order valence-corrected chi connectivity index (χ4v) is 4.40. The maximum Gasteiger partial charge on any atom is 0.326 e. The number of H-pyrrole nitrogens is 1. The number of carbonyl (C=O) groups excluding carboxylic acids is 2. The number of amides is 2. The van der Waals surface area contributed by atoms with Crippen LogP contribution in [0.25, 0.3) is 22.2 Å². The molecule has 1 aliphatic heterocycles. The van der Waals surface area contributed by atoms with E-state index in [9.17, 15) is 14.4 Å². The number of imidazole rings is 2. The number of aromatic nitrogens is 6. The summed E-state index contributed by atoms with van der Waals surface area (Å²) in [5, 5.41) is 0. The quantitative estimate of drug-likeness (QED) is 0.389. The van der Waals surface area contributed by atoms with Crippen LogP contribution < -0.4 is 21.4 Å². The smallest absolute Gasteiger partial charge is 0.326 e. The first-order valence-electron chi connectivity index (χ1n) is 10.6. The van der Waals surface area contributed by atoms with Gasteiger partial charge in [-0.3, -0.25) is 25.0 Å². The van der Waals surface area contributed by atoms with Crippen LogP contribution in [-0.2, 0) is 11.8 Å². The lowest BCUT2D eigenvalue weighted by molar-refractivity contribution is -0.119. The van der Waals surface area contributed by atoms with Crippen molar-refractivity contribution in [3.63, 3.8) is 0 Å². The van der Waals surface area contributed by atoms with Crippen LogP contribution in [0, 0.1) is 0 Å². The molecule has 5 rings (SSSR count). The van der Waals surface area contributed by atoms with Crippen molar-refractivity contribution in [3.05, 3.63) is 46.9 Å². The van der Waals surface area contributed by atoms with Crippen LogP contribution in [0.4, 0.5) is 5.82 Å². The molecule has 0 unspecified atom stereocenters. The van der Waals surface area contributed by atoms with E-state index in [1.165, 1.54) is 13.3 Å². The molecule has 1 aliphatic rings. The van der Waals surface area contributed by atoms with E-state index in [-0.39, 0.29) is 23.5 Å². The molecule has 2 amide bonds. The van der Waals surface area contributed by atoms with Crippen molar-refractivity contribution in [3.8, 4) is 0 Å². The lowest BCUT2D eigenvalue weighted by Crippen LogP contribution is -2.41. The van der Waals surface area contributed by atoms with Crippen molar-refractivity contribution in [2.75, 3.05) is 18.0 Å². The molecule has 4 aromatic rings. The normalized spacial score (nSPS) is 14.7. The second-order valence-electron chi connectivity index (χ2n) is 8.03. The number of nitrogens with one attached hydrogen (secondary N) is 3. The number of para-hydroxylation sites is 2. The Kier molecular flexibility index (Phi) is 5.04. The van der Waals surface area contributed by atoms with Crippen molar-refractivity contribution in [2.45, 2.75) is 25.8 Å². The van der Waals surface area contributed by atoms with Crippen molar-refractivity contribution >= 4 is 39.8 Å². The summed E-state index contributed by atoms with van der Waals surface area (Å²) in [5.41, 5.74) is 7.25. The molecule has 1 aromatic carbocycles. The van der Waals surface area contributed by atoms with E-state index in [1.807, 2.05) is 28.8 Å². The Hall–Kier alpha value is -4.22. The third-order valence-electron chi connectivity index (χ3n) is 5.95. The van der Waals surface area contributed by atoms with Gasteiger partial charge in [0.25, 0.3) is 0 Å². The number of benzene rings is 1. The summed E-state index contributed by atoms with van der Waals surface area (Å²) >= 11 is 0. The van der Waals surface area contributed by atoms with Gasteiger partial charge in [-0.25, -0.2) is 19.7 Å². The fourth-order valence-electron chi connectivity index (χ4n) is 4.40. The largest absolute Gasteiger partial charge is 0.355 e. The Morgan fingerprint density at radius 1 is 1.12 bits per heavy atom. The topological polar surface area (TPSA) is 143 Å². The second-order valence-corrected chi connectivity index (χ2v) is 8.03. The molecule has 170 valence electrons. The Morgan fingerprint density at radius 2 is 1.88 bits per heavy atom. The van der Waals surface area contributed by atoms with Gasteiger partial charge < -0.3 is 14.5 Å². The summed E-state index contributed by atoms with van der Waals surface area (Å²) in [6.45, 7) is 2.65. The summed E-state index contributed by atoms with van der Waals surface area (Å²) in [7, 11) is 1.68. The molecule has 0 atom stereocenters. The number of fused-ring (bicyclic) bond motifs is 2. The monoisotopic (exact) mass is 449 g/mol. The van der Waals surface area contributed by atoms with Gasteiger partial charge in [0, 0.05) is 33.1 Å². The van der Waals surface area contributed by atoms with Crippen molar-refractivity contribution in [2.24, 2.45) is 7.05 Å². The summed E-state index contributed by atoms with van der Waals surface area (Å²) in [4.78, 5) is 54.3. The minimum atomic E-state index is -0.547. The molecule has 0 radical (unpaired) electrons. The first-order chi connectivity index (χ1) is 15.9. The van der Waals surface area contributed by atoms with Crippen molar-refractivity contribution < 1.29 is 9.59 Å². The number of anilines is 1. The number of rotatable bonds is 3. The van der Waals surface area contributed by atoms with Gasteiger partial charge in [-0.15, -0.1) is 0 Å². The summed E-state index contributed by atoms with van der Waals surface area (Å²) in [6.07, 6.45) is 2.97. The van der Waals surface area contributed by atoms with E-state index >= 15 is 0 Å². The zero-order valence-corrected chi connectivity index (χ0v) is 18.2. The van der Waals surface area contributed by atoms with Gasteiger partial charge in [0.2, 0.25) is 11.7 Å². The van der Waals surface area contributed by atoms with E-state index in [0.29, 0.717) is 30.1 Å². The number of hydrogen-bond donors (Lipinski definition) is 3. The molecule has 3 aromatic heterocycles. The minimum absolute atomic E-state index is 0.0740. The summed E-state index contributed by atoms with van der Waals surface area (Å²) in [6, 6.07) is 7.77. The lowest BCUT2D eigenvalue weighted by atomic mass is 10.0.